The average Bonchev–Trinajstić information content (AvgIpc) is 3.06. The Bertz CT molecular complexity index is 721. The number of fused-ring (bicyclic) bond motifs is 3. The molecule has 1 atom stereocenters. The second-order valence-corrected chi connectivity index (χ2v) is 6.34. The number of aromatic nitrogens is 2. The second kappa shape index (κ2) is 5.77. The molecule has 0 saturated carbocycles. The number of hydrogen-bond donors (Lipinski definition) is 1. The molecular weight excluding hydrogens is 295 g/mol. The highest BCUT2D eigenvalue weighted by molar-refractivity contribution is 5.94. The van der Waals surface area contributed by atoms with E-state index in [0.29, 0.717) is 17.2 Å². The predicted octanol–water partition coefficient (Wildman–Crippen LogP) is 1.84. The van der Waals surface area contributed by atoms with Crippen molar-refractivity contribution in [3.63, 3.8) is 0 Å². The van der Waals surface area contributed by atoms with Crippen LogP contribution in [0.4, 0.5) is 4.39 Å². The predicted molar refractivity (Wildman–Crippen MR) is 83.9 cm³/mol. The van der Waals surface area contributed by atoms with E-state index in [1.807, 2.05) is 0 Å². The number of hydrogen-bond acceptors (Lipinski definition) is 3. The van der Waals surface area contributed by atoms with Gasteiger partial charge < -0.3 is 10.2 Å². The molecule has 6 heteroatoms. The molecule has 0 spiro atoms. The first-order valence-electron chi connectivity index (χ1n) is 8.03. The monoisotopic (exact) mass is 314 g/mol. The van der Waals surface area contributed by atoms with Gasteiger partial charge in [0.15, 0.2) is 0 Å². The van der Waals surface area contributed by atoms with Crippen molar-refractivity contribution in [3.8, 4) is 5.69 Å². The van der Waals surface area contributed by atoms with Crippen LogP contribution in [0, 0.1) is 11.7 Å². The Morgan fingerprint density at radius 3 is 2.74 bits per heavy atom. The van der Waals surface area contributed by atoms with Crippen LogP contribution >= 0.6 is 0 Å². The Labute approximate surface area is 134 Å². The number of nitrogens with one attached hydrogen (secondary N) is 1. The van der Waals surface area contributed by atoms with Gasteiger partial charge in [-0.25, -0.2) is 9.07 Å². The molecule has 3 saturated heterocycles. The standard InChI is InChI=1S/C17H19FN4O/c18-14-3-1-2-4-16(14)22-10-13(9-19-22)17(23)20-15-11-21-7-5-12(15)6-8-21/h1-4,9-10,12,15H,5-8,11H2,(H,20,23). The van der Waals surface area contributed by atoms with Gasteiger partial charge in [0.25, 0.3) is 5.91 Å². The van der Waals surface area contributed by atoms with Crippen molar-refractivity contribution in [1.29, 1.82) is 0 Å². The highest BCUT2D eigenvalue weighted by Gasteiger charge is 2.35. The summed E-state index contributed by atoms with van der Waals surface area (Å²) in [6.07, 6.45) is 5.37. The summed E-state index contributed by atoms with van der Waals surface area (Å²) in [5.74, 6) is 0.0804. The second-order valence-electron chi connectivity index (χ2n) is 6.34. The molecule has 120 valence electrons. The van der Waals surface area contributed by atoms with Crippen LogP contribution in [0.3, 0.4) is 0 Å². The lowest BCUT2D eigenvalue weighted by Gasteiger charge is -2.44. The van der Waals surface area contributed by atoms with E-state index in [9.17, 15) is 9.18 Å². The van der Waals surface area contributed by atoms with Crippen LogP contribution in [0.25, 0.3) is 5.69 Å². The molecule has 3 fully saturated rings. The maximum atomic E-state index is 13.8. The Morgan fingerprint density at radius 2 is 2.04 bits per heavy atom. The number of nitrogens with zero attached hydrogens (tertiary/aromatic N) is 3. The van der Waals surface area contributed by atoms with E-state index >= 15 is 0 Å². The summed E-state index contributed by atoms with van der Waals surface area (Å²) in [6, 6.07) is 6.60. The Kier molecular flexibility index (Phi) is 3.61. The molecule has 2 bridgehead atoms. The van der Waals surface area contributed by atoms with Crippen molar-refractivity contribution in [1.82, 2.24) is 20.0 Å². The fourth-order valence-electron chi connectivity index (χ4n) is 3.59. The van der Waals surface area contributed by atoms with Crippen LogP contribution in [0.1, 0.15) is 23.2 Å². The molecule has 1 N–H and O–H groups in total. The van der Waals surface area contributed by atoms with Crippen LogP contribution in [0.2, 0.25) is 0 Å². The van der Waals surface area contributed by atoms with Gasteiger partial charge in [0.2, 0.25) is 0 Å². The van der Waals surface area contributed by atoms with Crippen molar-refractivity contribution in [2.75, 3.05) is 19.6 Å². The molecule has 5 rings (SSSR count). The van der Waals surface area contributed by atoms with Gasteiger partial charge in [-0.2, -0.15) is 5.10 Å². The maximum absolute atomic E-state index is 13.8. The molecule has 3 aliphatic heterocycles. The van der Waals surface area contributed by atoms with Crippen LogP contribution in [0.15, 0.2) is 36.7 Å². The third-order valence-electron chi connectivity index (χ3n) is 4.92. The minimum absolute atomic E-state index is 0.133. The number of rotatable bonds is 3. The van der Waals surface area contributed by atoms with Gasteiger partial charge in [-0.15, -0.1) is 0 Å². The van der Waals surface area contributed by atoms with Gasteiger partial charge in [0.05, 0.1) is 11.8 Å². The summed E-state index contributed by atoms with van der Waals surface area (Å²) in [5, 5.41) is 7.23. The van der Waals surface area contributed by atoms with Crippen molar-refractivity contribution in [2.45, 2.75) is 18.9 Å². The SMILES string of the molecule is O=C(NC1CN2CCC1CC2)c1cnn(-c2ccccc2F)c1. The van der Waals surface area contributed by atoms with Crippen LogP contribution < -0.4 is 5.32 Å². The van der Waals surface area contributed by atoms with E-state index in [1.54, 1.807) is 24.4 Å². The van der Waals surface area contributed by atoms with E-state index in [1.165, 1.54) is 16.9 Å². The molecule has 1 aromatic carbocycles. The summed E-state index contributed by atoms with van der Waals surface area (Å²) in [6.45, 7) is 3.21. The smallest absolute Gasteiger partial charge is 0.254 e. The Hall–Kier alpha value is -2.21. The quantitative estimate of drug-likeness (QED) is 0.940. The number of halogens is 1. The van der Waals surface area contributed by atoms with E-state index in [-0.39, 0.29) is 17.8 Å². The third kappa shape index (κ3) is 2.74. The lowest BCUT2D eigenvalue weighted by molar-refractivity contribution is 0.0620. The van der Waals surface area contributed by atoms with Gasteiger partial charge >= 0.3 is 0 Å². The lowest BCUT2D eigenvalue weighted by Crippen LogP contribution is -2.57. The number of amides is 1. The normalized spacial score (nSPS) is 26.2. The molecule has 3 aliphatic rings. The molecule has 23 heavy (non-hydrogen) atoms. The first-order chi connectivity index (χ1) is 11.2. The first kappa shape index (κ1) is 14.4. The topological polar surface area (TPSA) is 50.2 Å². The number of benzene rings is 1. The van der Waals surface area contributed by atoms with Gasteiger partial charge in [-0.1, -0.05) is 12.1 Å². The third-order valence-corrected chi connectivity index (χ3v) is 4.92. The lowest BCUT2D eigenvalue weighted by atomic mass is 9.84. The maximum Gasteiger partial charge on any atom is 0.254 e. The fourth-order valence-corrected chi connectivity index (χ4v) is 3.59. The largest absolute Gasteiger partial charge is 0.348 e. The van der Waals surface area contributed by atoms with Crippen molar-refractivity contribution in [3.05, 3.63) is 48.0 Å². The zero-order valence-electron chi connectivity index (χ0n) is 12.8. The van der Waals surface area contributed by atoms with E-state index in [0.717, 1.165) is 32.5 Å². The van der Waals surface area contributed by atoms with E-state index in [2.05, 4.69) is 15.3 Å². The van der Waals surface area contributed by atoms with Gasteiger partial charge in [0, 0.05) is 18.8 Å². The number of para-hydroxylation sites is 1. The highest BCUT2D eigenvalue weighted by atomic mass is 19.1. The molecule has 0 radical (unpaired) electrons. The molecule has 5 nitrogen and oxygen atoms in total. The van der Waals surface area contributed by atoms with E-state index < -0.39 is 0 Å². The molecule has 1 unspecified atom stereocenters. The molecule has 2 aromatic rings. The minimum Gasteiger partial charge on any atom is -0.348 e. The molecule has 0 aliphatic carbocycles. The summed E-state index contributed by atoms with van der Waals surface area (Å²) in [4.78, 5) is 14.8. The summed E-state index contributed by atoms with van der Waals surface area (Å²) in [7, 11) is 0. The zero-order valence-corrected chi connectivity index (χ0v) is 12.8. The van der Waals surface area contributed by atoms with Crippen LogP contribution in [-0.2, 0) is 0 Å². The van der Waals surface area contributed by atoms with E-state index in [4.69, 9.17) is 0 Å². The van der Waals surface area contributed by atoms with Gasteiger partial charge in [-0.05, 0) is 44.0 Å². The molecule has 4 heterocycles. The van der Waals surface area contributed by atoms with Gasteiger partial charge in [0.1, 0.15) is 11.5 Å². The minimum atomic E-state index is -0.361. The van der Waals surface area contributed by atoms with Crippen molar-refractivity contribution >= 4 is 5.91 Å². The molecule has 1 aromatic heterocycles. The van der Waals surface area contributed by atoms with Crippen LogP contribution in [-0.4, -0.2) is 46.3 Å². The number of carbonyl (C=O) groups excluding carboxylic acids is 1. The molecule has 1 amide bonds. The highest BCUT2D eigenvalue weighted by Crippen LogP contribution is 2.27. The Morgan fingerprint density at radius 1 is 1.26 bits per heavy atom. The first-order valence-corrected chi connectivity index (χ1v) is 8.03. The molecular formula is C17H19FN4O. The number of carbonyl (C=O) groups is 1. The zero-order chi connectivity index (χ0) is 15.8. The average molecular weight is 314 g/mol. The summed E-state index contributed by atoms with van der Waals surface area (Å²) >= 11 is 0. The van der Waals surface area contributed by atoms with Crippen molar-refractivity contribution < 1.29 is 9.18 Å². The van der Waals surface area contributed by atoms with Crippen molar-refractivity contribution in [2.24, 2.45) is 5.92 Å². The summed E-state index contributed by atoms with van der Waals surface area (Å²) < 4.78 is 15.2. The fraction of sp³-hybridized carbons (Fsp3) is 0.412. The van der Waals surface area contributed by atoms with Gasteiger partial charge in [-0.3, -0.25) is 4.79 Å². The Balaban J connectivity index is 1.48. The van der Waals surface area contributed by atoms with Crippen LogP contribution in [0.5, 0.6) is 0 Å². The summed E-state index contributed by atoms with van der Waals surface area (Å²) in [5.41, 5.74) is 0.805. The number of piperidine rings is 3.